The molecule has 1 unspecified atom stereocenters. The standard InChI is InChI=1S/C24H18FN9O/c1-13-6-14(10-26)11-27-20(13)12-33-21(4-5-28-33)15-7-17(25)23-22(8-15)34(32-31-23)16-2-3-18-19(9-16)30-24(35)29-18/h2-9,11,24,29-30,35H,12H2,1H3. The van der Waals surface area contributed by atoms with Gasteiger partial charge in [-0.25, -0.2) is 9.07 Å². The van der Waals surface area contributed by atoms with Crippen molar-refractivity contribution < 1.29 is 9.50 Å². The molecule has 2 aromatic carbocycles. The summed E-state index contributed by atoms with van der Waals surface area (Å²) in [5.41, 5.74) is 6.22. The zero-order chi connectivity index (χ0) is 24.1. The third-order valence-corrected chi connectivity index (χ3v) is 5.97. The number of hydrogen-bond acceptors (Lipinski definition) is 8. The fourth-order valence-electron chi connectivity index (χ4n) is 4.24. The first-order chi connectivity index (χ1) is 17.0. The van der Waals surface area contributed by atoms with Crippen LogP contribution in [-0.4, -0.2) is 41.2 Å². The minimum Gasteiger partial charge on any atom is -0.357 e. The Kier molecular flexibility index (Phi) is 4.68. The van der Waals surface area contributed by atoms with E-state index >= 15 is 4.39 Å². The van der Waals surface area contributed by atoms with Gasteiger partial charge in [-0.15, -0.1) is 5.10 Å². The van der Waals surface area contributed by atoms with E-state index in [4.69, 9.17) is 5.26 Å². The third kappa shape index (κ3) is 3.53. The molecule has 5 aromatic rings. The average Bonchev–Trinajstić information content (AvgIpc) is 3.57. The molecule has 10 nitrogen and oxygen atoms in total. The number of nitrogens with zero attached hydrogens (tertiary/aromatic N) is 7. The summed E-state index contributed by atoms with van der Waals surface area (Å²) in [6, 6.07) is 14.3. The second kappa shape index (κ2) is 7.89. The van der Waals surface area contributed by atoms with Gasteiger partial charge in [0.25, 0.3) is 0 Å². The Labute approximate surface area is 198 Å². The van der Waals surface area contributed by atoms with Crippen molar-refractivity contribution in [3.63, 3.8) is 0 Å². The summed E-state index contributed by atoms with van der Waals surface area (Å²) in [5, 5.41) is 37.3. The van der Waals surface area contributed by atoms with E-state index in [-0.39, 0.29) is 5.52 Å². The number of rotatable bonds is 4. The third-order valence-electron chi connectivity index (χ3n) is 5.97. The van der Waals surface area contributed by atoms with Gasteiger partial charge < -0.3 is 15.7 Å². The number of nitriles is 1. The predicted octanol–water partition coefficient (Wildman–Crippen LogP) is 3.16. The van der Waals surface area contributed by atoms with Crippen LogP contribution in [0.4, 0.5) is 15.8 Å². The molecule has 35 heavy (non-hydrogen) atoms. The Hall–Kier alpha value is -4.82. The molecular formula is C24H18FN9O. The van der Waals surface area contributed by atoms with E-state index in [1.54, 1.807) is 33.8 Å². The van der Waals surface area contributed by atoms with Crippen LogP contribution in [0.5, 0.6) is 0 Å². The van der Waals surface area contributed by atoms with Crippen molar-refractivity contribution in [1.82, 2.24) is 29.8 Å². The summed E-state index contributed by atoms with van der Waals surface area (Å²) in [7, 11) is 0. The van der Waals surface area contributed by atoms with Crippen molar-refractivity contribution in [3.8, 4) is 23.0 Å². The lowest BCUT2D eigenvalue weighted by molar-refractivity contribution is 0.238. The summed E-state index contributed by atoms with van der Waals surface area (Å²) in [6.45, 7) is 2.26. The topological polar surface area (TPSA) is 130 Å². The molecule has 4 heterocycles. The van der Waals surface area contributed by atoms with Crippen molar-refractivity contribution in [2.45, 2.75) is 19.8 Å². The van der Waals surface area contributed by atoms with Crippen LogP contribution in [-0.2, 0) is 6.54 Å². The van der Waals surface area contributed by atoms with Crippen LogP contribution < -0.4 is 10.6 Å². The monoisotopic (exact) mass is 467 g/mol. The second-order valence-corrected chi connectivity index (χ2v) is 8.22. The number of anilines is 2. The molecule has 6 rings (SSSR count). The highest BCUT2D eigenvalue weighted by Gasteiger charge is 2.20. The number of aryl methyl sites for hydroxylation is 1. The van der Waals surface area contributed by atoms with E-state index in [0.29, 0.717) is 40.3 Å². The van der Waals surface area contributed by atoms with E-state index < -0.39 is 12.2 Å². The summed E-state index contributed by atoms with van der Waals surface area (Å²) in [4.78, 5) is 4.40. The van der Waals surface area contributed by atoms with Crippen molar-refractivity contribution in [1.29, 1.82) is 5.26 Å². The average molecular weight is 467 g/mol. The molecule has 1 aliphatic heterocycles. The summed E-state index contributed by atoms with van der Waals surface area (Å²) < 4.78 is 18.4. The molecule has 11 heteroatoms. The van der Waals surface area contributed by atoms with E-state index in [1.807, 2.05) is 25.1 Å². The Morgan fingerprint density at radius 1 is 1.14 bits per heavy atom. The molecule has 0 aliphatic carbocycles. The highest BCUT2D eigenvalue weighted by molar-refractivity contribution is 5.84. The van der Waals surface area contributed by atoms with E-state index in [9.17, 15) is 5.11 Å². The number of nitrogens with one attached hydrogen (secondary N) is 2. The molecule has 0 saturated carbocycles. The van der Waals surface area contributed by atoms with Gasteiger partial charge in [0, 0.05) is 18.0 Å². The van der Waals surface area contributed by atoms with Gasteiger partial charge in [-0.1, -0.05) is 5.21 Å². The van der Waals surface area contributed by atoms with Crippen molar-refractivity contribution in [3.05, 3.63) is 77.5 Å². The molecule has 1 aliphatic rings. The highest BCUT2D eigenvalue weighted by Crippen LogP contribution is 2.32. The van der Waals surface area contributed by atoms with Crippen LogP contribution in [0.25, 0.3) is 28.0 Å². The van der Waals surface area contributed by atoms with Gasteiger partial charge in [-0.3, -0.25) is 9.67 Å². The quantitative estimate of drug-likeness (QED) is 0.368. The molecule has 0 saturated heterocycles. The molecule has 0 fully saturated rings. The number of hydrogen-bond donors (Lipinski definition) is 3. The molecule has 3 aromatic heterocycles. The van der Waals surface area contributed by atoms with Gasteiger partial charge in [-0.2, -0.15) is 10.4 Å². The van der Waals surface area contributed by atoms with Gasteiger partial charge in [0.05, 0.1) is 46.1 Å². The predicted molar refractivity (Wildman–Crippen MR) is 126 cm³/mol. The van der Waals surface area contributed by atoms with Gasteiger partial charge >= 0.3 is 0 Å². The van der Waals surface area contributed by atoms with E-state index in [2.05, 4.69) is 37.1 Å². The van der Waals surface area contributed by atoms with Gasteiger partial charge in [0.15, 0.2) is 5.82 Å². The largest absolute Gasteiger partial charge is 0.357 e. The number of aromatic nitrogens is 6. The Morgan fingerprint density at radius 3 is 2.83 bits per heavy atom. The molecular weight excluding hydrogens is 449 g/mol. The second-order valence-electron chi connectivity index (χ2n) is 8.22. The van der Waals surface area contributed by atoms with Crippen LogP contribution in [0, 0.1) is 24.1 Å². The van der Waals surface area contributed by atoms with E-state index in [0.717, 1.165) is 16.9 Å². The SMILES string of the molecule is Cc1cc(C#N)cnc1Cn1nccc1-c1cc(F)c2nnn(-c3ccc4c(c3)NC(O)N4)c2c1. The zero-order valence-electron chi connectivity index (χ0n) is 18.4. The minimum absolute atomic E-state index is 0.149. The fourth-order valence-corrected chi connectivity index (χ4v) is 4.24. The lowest BCUT2D eigenvalue weighted by atomic mass is 10.1. The molecule has 0 bridgehead atoms. The van der Waals surface area contributed by atoms with Crippen molar-refractivity contribution >= 4 is 22.4 Å². The lowest BCUT2D eigenvalue weighted by Gasteiger charge is -2.11. The van der Waals surface area contributed by atoms with Crippen molar-refractivity contribution in [2.24, 2.45) is 0 Å². The van der Waals surface area contributed by atoms with Gasteiger partial charge in [0.2, 0.25) is 6.35 Å². The zero-order valence-corrected chi connectivity index (χ0v) is 18.4. The summed E-state index contributed by atoms with van der Waals surface area (Å²) in [6.07, 6.45) is 2.31. The first-order valence-electron chi connectivity index (χ1n) is 10.8. The van der Waals surface area contributed by atoms with Crippen LogP contribution in [0.15, 0.2) is 54.9 Å². The van der Waals surface area contributed by atoms with Gasteiger partial charge in [0.1, 0.15) is 11.6 Å². The maximum absolute atomic E-state index is 15.1. The molecule has 1 atom stereocenters. The number of benzene rings is 2. The van der Waals surface area contributed by atoms with Crippen molar-refractivity contribution in [2.75, 3.05) is 10.6 Å². The molecule has 3 N–H and O–H groups in total. The number of halogens is 1. The van der Waals surface area contributed by atoms with Crippen LogP contribution in [0.1, 0.15) is 16.8 Å². The number of aliphatic hydroxyl groups is 1. The molecule has 172 valence electrons. The number of pyridine rings is 1. The molecule has 0 radical (unpaired) electrons. The van der Waals surface area contributed by atoms with Crippen LogP contribution in [0.3, 0.4) is 0 Å². The van der Waals surface area contributed by atoms with Crippen LogP contribution in [0.2, 0.25) is 0 Å². The van der Waals surface area contributed by atoms with Gasteiger partial charge in [-0.05, 0) is 55.0 Å². The number of aliphatic hydroxyl groups excluding tert-OH is 1. The normalized spacial score (nSPS) is 14.4. The first-order valence-corrected chi connectivity index (χ1v) is 10.8. The molecule has 0 spiro atoms. The highest BCUT2D eigenvalue weighted by atomic mass is 19.1. The molecule has 0 amide bonds. The number of fused-ring (bicyclic) bond motifs is 2. The maximum atomic E-state index is 15.1. The van der Waals surface area contributed by atoms with Crippen LogP contribution >= 0.6 is 0 Å². The maximum Gasteiger partial charge on any atom is 0.202 e. The Bertz CT molecular complexity index is 1650. The lowest BCUT2D eigenvalue weighted by Crippen LogP contribution is -2.20. The Morgan fingerprint density at radius 2 is 2.00 bits per heavy atom. The summed E-state index contributed by atoms with van der Waals surface area (Å²) in [5.74, 6) is -0.499. The fraction of sp³-hybridized carbons (Fsp3) is 0.125. The smallest absolute Gasteiger partial charge is 0.202 e. The van der Waals surface area contributed by atoms with E-state index in [1.165, 1.54) is 12.3 Å². The summed E-state index contributed by atoms with van der Waals surface area (Å²) >= 11 is 0. The minimum atomic E-state index is -0.869. The first kappa shape index (κ1) is 20.8. The Balaban J connectivity index is 1.41.